The summed E-state index contributed by atoms with van der Waals surface area (Å²) in [5.41, 5.74) is 1.19. The van der Waals surface area contributed by atoms with E-state index in [9.17, 15) is 10.2 Å². The van der Waals surface area contributed by atoms with E-state index in [1.165, 1.54) is 5.57 Å². The summed E-state index contributed by atoms with van der Waals surface area (Å²) in [6.07, 6.45) is 5.61. The van der Waals surface area contributed by atoms with Crippen LogP contribution in [-0.4, -0.2) is 27.5 Å². The Morgan fingerprint density at radius 2 is 2.05 bits per heavy atom. The molecule has 4 heteroatoms. The highest BCUT2D eigenvalue weighted by atomic mass is 16.4. The van der Waals surface area contributed by atoms with Crippen molar-refractivity contribution in [2.24, 2.45) is 5.92 Å². The van der Waals surface area contributed by atoms with Crippen LogP contribution < -0.4 is 0 Å². The lowest BCUT2D eigenvalue weighted by Crippen LogP contribution is -2.28. The Morgan fingerprint density at radius 3 is 2.55 bits per heavy atom. The fourth-order valence-electron chi connectivity index (χ4n) is 2.55. The molecule has 0 saturated carbocycles. The van der Waals surface area contributed by atoms with Gasteiger partial charge in [0.1, 0.15) is 18.1 Å². The third kappa shape index (κ3) is 5.79. The summed E-state index contributed by atoms with van der Waals surface area (Å²) in [7, 11) is 0. The summed E-state index contributed by atoms with van der Waals surface area (Å²) in [6.45, 7) is 7.34. The molecule has 0 amide bonds. The first-order chi connectivity index (χ1) is 10.5. The Hall–Kier alpha value is -1.36. The summed E-state index contributed by atoms with van der Waals surface area (Å²) in [6, 6.07) is 3.59. The number of allylic oxidation sites excluding steroid dienone is 1. The number of hydrogen-bond acceptors (Lipinski definition) is 4. The topological polar surface area (TPSA) is 73.8 Å². The SMILES string of the molecule is C=C[C@H]([C@H](O)CC/C(=C/c1ccc(CO)o1)CCC)[C@@H](C)O. The molecule has 0 aromatic carbocycles. The molecule has 124 valence electrons. The van der Waals surface area contributed by atoms with E-state index in [1.54, 1.807) is 19.1 Å². The summed E-state index contributed by atoms with van der Waals surface area (Å²) >= 11 is 0. The smallest absolute Gasteiger partial charge is 0.130 e. The Morgan fingerprint density at radius 1 is 1.32 bits per heavy atom. The van der Waals surface area contributed by atoms with E-state index in [1.807, 2.05) is 12.1 Å². The van der Waals surface area contributed by atoms with Gasteiger partial charge in [0.05, 0.1) is 12.2 Å². The molecule has 0 spiro atoms. The minimum atomic E-state index is -0.609. The molecule has 4 nitrogen and oxygen atoms in total. The molecule has 0 unspecified atom stereocenters. The molecule has 22 heavy (non-hydrogen) atoms. The van der Waals surface area contributed by atoms with Gasteiger partial charge in [-0.15, -0.1) is 6.58 Å². The molecule has 0 fully saturated rings. The molecule has 0 aliphatic carbocycles. The molecule has 0 aliphatic rings. The van der Waals surface area contributed by atoms with Gasteiger partial charge in [-0.3, -0.25) is 0 Å². The second-order valence-corrected chi connectivity index (χ2v) is 5.67. The zero-order chi connectivity index (χ0) is 16.5. The molecule has 0 radical (unpaired) electrons. The third-order valence-corrected chi connectivity index (χ3v) is 3.79. The number of rotatable bonds is 10. The summed E-state index contributed by atoms with van der Waals surface area (Å²) in [5.74, 6) is 0.952. The van der Waals surface area contributed by atoms with Gasteiger partial charge in [-0.05, 0) is 44.4 Å². The molecule has 1 rings (SSSR count). The first-order valence-electron chi connectivity index (χ1n) is 7.89. The molecule has 0 aliphatic heterocycles. The molecular formula is C18H28O4. The molecule has 3 atom stereocenters. The fourth-order valence-corrected chi connectivity index (χ4v) is 2.55. The van der Waals surface area contributed by atoms with Crippen LogP contribution in [0.5, 0.6) is 0 Å². The van der Waals surface area contributed by atoms with Crippen LogP contribution in [0.2, 0.25) is 0 Å². The minimum absolute atomic E-state index is 0.106. The van der Waals surface area contributed by atoms with E-state index in [0.717, 1.165) is 25.0 Å². The maximum atomic E-state index is 10.2. The van der Waals surface area contributed by atoms with Crippen LogP contribution in [0.4, 0.5) is 0 Å². The first-order valence-corrected chi connectivity index (χ1v) is 7.89. The van der Waals surface area contributed by atoms with E-state index in [-0.39, 0.29) is 12.5 Å². The van der Waals surface area contributed by atoms with E-state index in [4.69, 9.17) is 9.52 Å². The molecule has 1 aromatic heterocycles. The van der Waals surface area contributed by atoms with E-state index >= 15 is 0 Å². The monoisotopic (exact) mass is 308 g/mol. The van der Waals surface area contributed by atoms with Crippen molar-refractivity contribution in [1.82, 2.24) is 0 Å². The van der Waals surface area contributed by atoms with Gasteiger partial charge >= 0.3 is 0 Å². The van der Waals surface area contributed by atoms with Gasteiger partial charge < -0.3 is 19.7 Å². The van der Waals surface area contributed by atoms with E-state index < -0.39 is 12.2 Å². The highest BCUT2D eigenvalue weighted by molar-refractivity contribution is 5.47. The van der Waals surface area contributed by atoms with Crippen molar-refractivity contribution in [3.63, 3.8) is 0 Å². The van der Waals surface area contributed by atoms with Crippen LogP contribution in [0.3, 0.4) is 0 Å². The number of aliphatic hydroxyl groups excluding tert-OH is 3. The Kier molecular flexibility index (Phi) is 8.17. The molecular weight excluding hydrogens is 280 g/mol. The van der Waals surface area contributed by atoms with Crippen LogP contribution in [-0.2, 0) is 6.61 Å². The Bertz CT molecular complexity index is 473. The lowest BCUT2D eigenvalue weighted by atomic mass is 9.91. The number of aliphatic hydroxyl groups is 3. The summed E-state index contributed by atoms with van der Waals surface area (Å²) in [4.78, 5) is 0. The molecule has 3 N–H and O–H groups in total. The van der Waals surface area contributed by atoms with Crippen molar-refractivity contribution < 1.29 is 19.7 Å². The van der Waals surface area contributed by atoms with E-state index in [0.29, 0.717) is 12.2 Å². The maximum absolute atomic E-state index is 10.2. The van der Waals surface area contributed by atoms with Gasteiger partial charge in [-0.25, -0.2) is 0 Å². The average Bonchev–Trinajstić information content (AvgIpc) is 2.93. The van der Waals surface area contributed by atoms with Crippen molar-refractivity contribution in [2.45, 2.75) is 58.3 Å². The lowest BCUT2D eigenvalue weighted by Gasteiger charge is -2.22. The van der Waals surface area contributed by atoms with Crippen LogP contribution in [0.15, 0.2) is 34.8 Å². The Balaban J connectivity index is 2.69. The second-order valence-electron chi connectivity index (χ2n) is 5.67. The van der Waals surface area contributed by atoms with Gasteiger partial charge in [-0.2, -0.15) is 0 Å². The van der Waals surface area contributed by atoms with Gasteiger partial charge in [0, 0.05) is 5.92 Å². The number of furan rings is 1. The fraction of sp³-hybridized carbons (Fsp3) is 0.556. The quantitative estimate of drug-likeness (QED) is 0.580. The summed E-state index contributed by atoms with van der Waals surface area (Å²) in [5, 5.41) is 28.8. The summed E-state index contributed by atoms with van der Waals surface area (Å²) < 4.78 is 5.48. The van der Waals surface area contributed by atoms with Crippen LogP contribution in [0.25, 0.3) is 6.08 Å². The number of hydrogen-bond donors (Lipinski definition) is 3. The third-order valence-electron chi connectivity index (χ3n) is 3.79. The maximum Gasteiger partial charge on any atom is 0.130 e. The second kappa shape index (κ2) is 9.62. The zero-order valence-electron chi connectivity index (χ0n) is 13.5. The largest absolute Gasteiger partial charge is 0.459 e. The Labute approximate surface area is 132 Å². The van der Waals surface area contributed by atoms with Crippen molar-refractivity contribution >= 4 is 6.08 Å². The molecule has 1 aromatic rings. The van der Waals surface area contributed by atoms with Gasteiger partial charge in [-0.1, -0.05) is 25.0 Å². The van der Waals surface area contributed by atoms with Crippen molar-refractivity contribution in [1.29, 1.82) is 0 Å². The standard InChI is InChI=1S/C18H28O4/c1-4-6-14(11-15-8-9-16(12-19)22-15)7-10-18(21)17(5-2)13(3)20/h5,8-9,11,13,17-21H,2,4,6-7,10,12H2,1,3H3/b14-11+/t13-,17+,18-/m1/s1. The van der Waals surface area contributed by atoms with Crippen molar-refractivity contribution in [3.05, 3.63) is 41.9 Å². The zero-order valence-corrected chi connectivity index (χ0v) is 13.5. The van der Waals surface area contributed by atoms with Crippen molar-refractivity contribution in [3.8, 4) is 0 Å². The molecule has 0 saturated heterocycles. The minimum Gasteiger partial charge on any atom is -0.459 e. The van der Waals surface area contributed by atoms with Gasteiger partial charge in [0.25, 0.3) is 0 Å². The predicted octanol–water partition coefficient (Wildman–Crippen LogP) is 3.28. The molecule has 0 bridgehead atoms. The van der Waals surface area contributed by atoms with E-state index in [2.05, 4.69) is 13.5 Å². The average molecular weight is 308 g/mol. The van der Waals surface area contributed by atoms with Crippen molar-refractivity contribution in [2.75, 3.05) is 0 Å². The predicted molar refractivity (Wildman–Crippen MR) is 88.1 cm³/mol. The van der Waals surface area contributed by atoms with Crippen LogP contribution in [0, 0.1) is 5.92 Å². The normalized spacial score (nSPS) is 16.3. The first kappa shape index (κ1) is 18.7. The highest BCUT2D eigenvalue weighted by Gasteiger charge is 2.20. The van der Waals surface area contributed by atoms with Gasteiger partial charge in [0.15, 0.2) is 0 Å². The molecule has 1 heterocycles. The van der Waals surface area contributed by atoms with Gasteiger partial charge in [0.2, 0.25) is 0 Å². The van der Waals surface area contributed by atoms with Crippen LogP contribution >= 0.6 is 0 Å². The lowest BCUT2D eigenvalue weighted by molar-refractivity contribution is 0.0421. The highest BCUT2D eigenvalue weighted by Crippen LogP contribution is 2.22. The van der Waals surface area contributed by atoms with Crippen LogP contribution in [0.1, 0.15) is 51.1 Å².